The number of aromatic nitrogens is 2. The first-order valence-corrected chi connectivity index (χ1v) is 7.45. The van der Waals surface area contributed by atoms with Crippen LogP contribution in [0.15, 0.2) is 0 Å². The lowest BCUT2D eigenvalue weighted by Crippen LogP contribution is -2.33. The average Bonchev–Trinajstić information content (AvgIpc) is 2.62. The molecule has 1 heterocycles. The fourth-order valence-electron chi connectivity index (χ4n) is 2.84. The highest BCUT2D eigenvalue weighted by molar-refractivity contribution is 7.80. The quantitative estimate of drug-likeness (QED) is 0.848. The van der Waals surface area contributed by atoms with Crippen LogP contribution in [0.3, 0.4) is 0 Å². The first-order valence-electron chi connectivity index (χ1n) is 6.82. The van der Waals surface area contributed by atoms with Gasteiger partial charge in [-0.15, -0.1) is 0 Å². The summed E-state index contributed by atoms with van der Waals surface area (Å²) in [6.07, 6.45) is 6.48. The standard InChI is InChI=1S/C14H24N2OS/c1-11-13(12(2)16(3)15-11)17-9-14(10-18)7-5-4-6-8-14/h18H,4-10H2,1-3H3. The van der Waals surface area contributed by atoms with Crippen LogP contribution in [0.4, 0.5) is 0 Å². The third-order valence-corrected chi connectivity index (χ3v) is 4.89. The second-order valence-corrected chi connectivity index (χ2v) is 5.95. The van der Waals surface area contributed by atoms with Gasteiger partial charge in [-0.3, -0.25) is 4.68 Å². The van der Waals surface area contributed by atoms with Crippen molar-refractivity contribution in [2.45, 2.75) is 46.0 Å². The maximum Gasteiger partial charge on any atom is 0.162 e. The molecule has 1 aromatic heterocycles. The number of hydrogen-bond donors (Lipinski definition) is 1. The Kier molecular flexibility index (Phi) is 4.25. The monoisotopic (exact) mass is 268 g/mol. The van der Waals surface area contributed by atoms with E-state index < -0.39 is 0 Å². The van der Waals surface area contributed by atoms with Crippen LogP contribution >= 0.6 is 12.6 Å². The van der Waals surface area contributed by atoms with Gasteiger partial charge in [0.25, 0.3) is 0 Å². The van der Waals surface area contributed by atoms with Gasteiger partial charge < -0.3 is 4.74 Å². The van der Waals surface area contributed by atoms with Gasteiger partial charge in [-0.25, -0.2) is 0 Å². The molecule has 0 aromatic carbocycles. The minimum absolute atomic E-state index is 0.274. The molecule has 102 valence electrons. The number of rotatable bonds is 4. The van der Waals surface area contributed by atoms with Crippen LogP contribution in [0, 0.1) is 19.3 Å². The zero-order valence-corrected chi connectivity index (χ0v) is 12.6. The third-order valence-electron chi connectivity index (χ3n) is 4.21. The number of thiol groups is 1. The lowest BCUT2D eigenvalue weighted by Gasteiger charge is -2.35. The Hall–Kier alpha value is -0.640. The predicted octanol–water partition coefficient (Wildman–Crippen LogP) is 3.30. The van der Waals surface area contributed by atoms with Gasteiger partial charge in [0.05, 0.1) is 12.3 Å². The van der Waals surface area contributed by atoms with Crippen LogP contribution in [0.5, 0.6) is 5.75 Å². The smallest absolute Gasteiger partial charge is 0.162 e. The molecule has 1 saturated carbocycles. The van der Waals surface area contributed by atoms with E-state index in [2.05, 4.69) is 24.7 Å². The second-order valence-electron chi connectivity index (χ2n) is 5.63. The summed E-state index contributed by atoms with van der Waals surface area (Å²) in [4.78, 5) is 0. The molecule has 18 heavy (non-hydrogen) atoms. The lowest BCUT2D eigenvalue weighted by atomic mass is 9.76. The molecule has 1 fully saturated rings. The van der Waals surface area contributed by atoms with Crippen LogP contribution in [0.1, 0.15) is 43.5 Å². The zero-order valence-electron chi connectivity index (χ0n) is 11.7. The number of hydrogen-bond acceptors (Lipinski definition) is 3. The van der Waals surface area contributed by atoms with Gasteiger partial charge in [0.1, 0.15) is 5.69 Å². The van der Waals surface area contributed by atoms with Crippen molar-refractivity contribution in [3.05, 3.63) is 11.4 Å². The molecule has 0 aliphatic heterocycles. The summed E-state index contributed by atoms with van der Waals surface area (Å²) >= 11 is 4.55. The van der Waals surface area contributed by atoms with Crippen molar-refractivity contribution < 1.29 is 4.74 Å². The summed E-state index contributed by atoms with van der Waals surface area (Å²) < 4.78 is 7.98. The van der Waals surface area contributed by atoms with Crippen LogP contribution in [0.2, 0.25) is 0 Å². The molecule has 1 aromatic rings. The van der Waals surface area contributed by atoms with Crippen LogP contribution in [0.25, 0.3) is 0 Å². The van der Waals surface area contributed by atoms with Crippen LogP contribution in [-0.4, -0.2) is 22.1 Å². The predicted molar refractivity (Wildman–Crippen MR) is 77.5 cm³/mol. The van der Waals surface area contributed by atoms with Gasteiger partial charge in [-0.1, -0.05) is 19.3 Å². The highest BCUT2D eigenvalue weighted by Gasteiger charge is 2.32. The number of ether oxygens (including phenoxy) is 1. The summed E-state index contributed by atoms with van der Waals surface area (Å²) in [7, 11) is 1.96. The summed E-state index contributed by atoms with van der Waals surface area (Å²) in [5.74, 6) is 1.88. The van der Waals surface area contributed by atoms with Crippen molar-refractivity contribution in [2.75, 3.05) is 12.4 Å². The molecule has 0 amide bonds. The molecule has 0 unspecified atom stereocenters. The van der Waals surface area contributed by atoms with Gasteiger partial charge in [-0.05, 0) is 32.4 Å². The topological polar surface area (TPSA) is 27.1 Å². The third kappa shape index (κ3) is 2.68. The highest BCUT2D eigenvalue weighted by Crippen LogP contribution is 2.38. The molecule has 1 aliphatic rings. The van der Waals surface area contributed by atoms with Crippen molar-refractivity contribution in [3.8, 4) is 5.75 Å². The van der Waals surface area contributed by atoms with Crippen LogP contribution < -0.4 is 4.74 Å². The van der Waals surface area contributed by atoms with Crippen LogP contribution in [-0.2, 0) is 7.05 Å². The second kappa shape index (κ2) is 5.55. The normalized spacial score (nSPS) is 18.9. The van der Waals surface area contributed by atoms with E-state index in [-0.39, 0.29) is 5.41 Å². The molecule has 0 bridgehead atoms. The summed E-state index contributed by atoms with van der Waals surface area (Å²) in [5.41, 5.74) is 2.37. The Balaban J connectivity index is 2.05. The minimum Gasteiger partial charge on any atom is -0.489 e. The largest absolute Gasteiger partial charge is 0.489 e. The molecular formula is C14H24N2OS. The Labute approximate surface area is 115 Å². The van der Waals surface area contributed by atoms with Gasteiger partial charge in [0.15, 0.2) is 5.75 Å². The highest BCUT2D eigenvalue weighted by atomic mass is 32.1. The van der Waals surface area contributed by atoms with E-state index in [4.69, 9.17) is 4.74 Å². The average molecular weight is 268 g/mol. The Bertz CT molecular complexity index is 408. The minimum atomic E-state index is 0.274. The molecule has 0 spiro atoms. The molecule has 4 heteroatoms. The van der Waals surface area contributed by atoms with E-state index in [1.165, 1.54) is 32.1 Å². The van der Waals surface area contributed by atoms with Crippen molar-refractivity contribution in [3.63, 3.8) is 0 Å². The summed E-state index contributed by atoms with van der Waals surface area (Å²) in [6.45, 7) is 4.85. The van der Waals surface area contributed by atoms with E-state index in [0.717, 1.165) is 29.5 Å². The van der Waals surface area contributed by atoms with E-state index in [9.17, 15) is 0 Å². The maximum absolute atomic E-state index is 6.09. The Morgan fingerprint density at radius 2 is 1.94 bits per heavy atom. The van der Waals surface area contributed by atoms with E-state index in [1.807, 2.05) is 18.7 Å². The maximum atomic E-state index is 6.09. The van der Waals surface area contributed by atoms with E-state index >= 15 is 0 Å². The molecule has 0 radical (unpaired) electrons. The van der Waals surface area contributed by atoms with Crippen molar-refractivity contribution >= 4 is 12.6 Å². The van der Waals surface area contributed by atoms with Gasteiger partial charge in [-0.2, -0.15) is 17.7 Å². The van der Waals surface area contributed by atoms with Crippen molar-refractivity contribution in [1.82, 2.24) is 9.78 Å². The first-order chi connectivity index (χ1) is 8.58. The fourth-order valence-corrected chi connectivity index (χ4v) is 3.25. The van der Waals surface area contributed by atoms with E-state index in [1.54, 1.807) is 0 Å². The molecule has 1 aliphatic carbocycles. The first kappa shape index (κ1) is 13.8. The molecule has 2 rings (SSSR count). The molecule has 0 atom stereocenters. The Morgan fingerprint density at radius 3 is 2.44 bits per heavy atom. The zero-order chi connectivity index (χ0) is 13.2. The Morgan fingerprint density at radius 1 is 1.28 bits per heavy atom. The summed E-state index contributed by atoms with van der Waals surface area (Å²) in [5, 5.41) is 4.40. The molecule has 0 N–H and O–H groups in total. The lowest BCUT2D eigenvalue weighted by molar-refractivity contribution is 0.120. The van der Waals surface area contributed by atoms with E-state index in [0.29, 0.717) is 0 Å². The van der Waals surface area contributed by atoms with Gasteiger partial charge >= 0.3 is 0 Å². The van der Waals surface area contributed by atoms with Crippen molar-refractivity contribution in [2.24, 2.45) is 12.5 Å². The molecule has 0 saturated heterocycles. The summed E-state index contributed by atoms with van der Waals surface area (Å²) in [6, 6.07) is 0. The van der Waals surface area contributed by atoms with Crippen molar-refractivity contribution in [1.29, 1.82) is 0 Å². The number of aryl methyl sites for hydroxylation is 2. The number of nitrogens with zero attached hydrogens (tertiary/aromatic N) is 2. The molecular weight excluding hydrogens is 244 g/mol. The SMILES string of the molecule is Cc1nn(C)c(C)c1OCC1(CS)CCCCC1. The molecule has 3 nitrogen and oxygen atoms in total. The van der Waals surface area contributed by atoms with Gasteiger partial charge in [0, 0.05) is 12.5 Å². The van der Waals surface area contributed by atoms with Gasteiger partial charge in [0.2, 0.25) is 0 Å². The fraction of sp³-hybridized carbons (Fsp3) is 0.786.